The van der Waals surface area contributed by atoms with Crippen LogP contribution >= 0.6 is 11.8 Å². The fourth-order valence-electron chi connectivity index (χ4n) is 3.70. The Hall–Kier alpha value is -3.59. The lowest BCUT2D eigenvalue weighted by Gasteiger charge is -2.14. The summed E-state index contributed by atoms with van der Waals surface area (Å²) in [6, 6.07) is 16.5. The van der Waals surface area contributed by atoms with Crippen LogP contribution in [0.25, 0.3) is 16.7 Å². The third-order valence-corrected chi connectivity index (χ3v) is 6.27. The van der Waals surface area contributed by atoms with Crippen LogP contribution in [-0.2, 0) is 4.79 Å². The van der Waals surface area contributed by atoms with Crippen LogP contribution in [-0.4, -0.2) is 38.1 Å². The summed E-state index contributed by atoms with van der Waals surface area (Å²) >= 11 is 1.47. The number of nitrogens with zero attached hydrogens (tertiary/aromatic N) is 4. The van der Waals surface area contributed by atoms with Crippen LogP contribution in [0.4, 0.5) is 5.69 Å². The van der Waals surface area contributed by atoms with Crippen LogP contribution in [0.5, 0.6) is 5.75 Å². The molecule has 0 spiro atoms. The minimum atomic E-state index is -0.279. The van der Waals surface area contributed by atoms with Gasteiger partial charge in [0.05, 0.1) is 30.7 Å². The number of ether oxygens (including phenoxy) is 1. The van der Waals surface area contributed by atoms with Gasteiger partial charge in [-0.15, -0.1) is 0 Å². The van der Waals surface area contributed by atoms with Crippen molar-refractivity contribution in [2.24, 2.45) is 0 Å². The molecule has 0 saturated heterocycles. The number of methoxy groups -OCH3 is 1. The molecule has 31 heavy (non-hydrogen) atoms. The van der Waals surface area contributed by atoms with Gasteiger partial charge < -0.3 is 10.1 Å². The second kappa shape index (κ2) is 7.92. The number of rotatable bonds is 5. The topological polar surface area (TPSA) is 91.0 Å². The second-order valence-corrected chi connectivity index (χ2v) is 8.10. The number of hydrogen-bond donors (Lipinski definition) is 1. The predicted octanol–water partition coefficient (Wildman–Crippen LogP) is 3.27. The molecule has 2 aromatic heterocycles. The first-order valence-electron chi connectivity index (χ1n) is 9.77. The summed E-state index contributed by atoms with van der Waals surface area (Å²) in [6.45, 7) is 0. The van der Waals surface area contributed by atoms with Gasteiger partial charge in [-0.05, 0) is 24.3 Å². The van der Waals surface area contributed by atoms with E-state index in [1.165, 1.54) is 11.8 Å². The number of thioether (sulfide) groups is 1. The molecule has 1 N–H and O–H groups in total. The van der Waals surface area contributed by atoms with Crippen LogP contribution in [0, 0.1) is 0 Å². The Morgan fingerprint density at radius 3 is 2.77 bits per heavy atom. The maximum Gasteiger partial charge on any atom is 0.265 e. The summed E-state index contributed by atoms with van der Waals surface area (Å²) in [4.78, 5) is 30.6. The highest BCUT2D eigenvalue weighted by atomic mass is 32.2. The van der Waals surface area contributed by atoms with Gasteiger partial charge in [0.15, 0.2) is 10.8 Å². The second-order valence-electron chi connectivity index (χ2n) is 7.12. The van der Waals surface area contributed by atoms with Gasteiger partial charge in [0.25, 0.3) is 5.56 Å². The van der Waals surface area contributed by atoms with E-state index in [9.17, 15) is 9.59 Å². The van der Waals surface area contributed by atoms with Crippen LogP contribution in [0.2, 0.25) is 0 Å². The van der Waals surface area contributed by atoms with Gasteiger partial charge >= 0.3 is 0 Å². The Kier molecular flexibility index (Phi) is 4.95. The molecular formula is C22H19N5O3S. The SMILES string of the molecule is COc1ccccc1NC(=O)C[C@H]1CSc2nc3c(cnn3-c3ccccc3)c(=O)n21. The number of benzene rings is 2. The molecule has 0 fully saturated rings. The van der Waals surface area contributed by atoms with E-state index >= 15 is 0 Å². The Morgan fingerprint density at radius 2 is 1.97 bits per heavy atom. The number of fused-ring (bicyclic) bond motifs is 2. The maximum absolute atomic E-state index is 13.2. The van der Waals surface area contributed by atoms with E-state index in [1.807, 2.05) is 42.5 Å². The van der Waals surface area contributed by atoms with Crippen molar-refractivity contribution in [3.8, 4) is 11.4 Å². The molecule has 0 unspecified atom stereocenters. The van der Waals surface area contributed by atoms with Gasteiger partial charge in [0.1, 0.15) is 11.1 Å². The lowest BCUT2D eigenvalue weighted by Crippen LogP contribution is -2.27. The smallest absolute Gasteiger partial charge is 0.265 e. The molecule has 9 heteroatoms. The molecule has 2 aromatic carbocycles. The molecule has 1 amide bonds. The zero-order chi connectivity index (χ0) is 21.4. The van der Waals surface area contributed by atoms with Crippen LogP contribution < -0.4 is 15.6 Å². The van der Waals surface area contributed by atoms with Crippen LogP contribution in [0.15, 0.2) is 70.7 Å². The minimum absolute atomic E-state index is 0.165. The van der Waals surface area contributed by atoms with Crippen LogP contribution in [0.3, 0.4) is 0 Å². The Morgan fingerprint density at radius 1 is 1.19 bits per heavy atom. The Bertz CT molecular complexity index is 1330. The van der Waals surface area contributed by atoms with E-state index in [4.69, 9.17) is 9.72 Å². The molecule has 1 aliphatic heterocycles. The average Bonchev–Trinajstić information content (AvgIpc) is 3.40. The van der Waals surface area contributed by atoms with Gasteiger partial charge in [-0.25, -0.2) is 9.67 Å². The molecule has 156 valence electrons. The van der Waals surface area contributed by atoms with Crippen LogP contribution in [0.1, 0.15) is 12.5 Å². The number of nitrogens with one attached hydrogen (secondary N) is 1. The first kappa shape index (κ1) is 19.4. The molecule has 1 atom stereocenters. The van der Waals surface area contributed by atoms with Crippen molar-refractivity contribution < 1.29 is 9.53 Å². The van der Waals surface area contributed by atoms with Crippen molar-refractivity contribution in [1.29, 1.82) is 0 Å². The number of amides is 1. The molecule has 4 aromatic rings. The number of para-hydroxylation sites is 3. The van der Waals surface area contributed by atoms with E-state index in [2.05, 4.69) is 10.4 Å². The summed E-state index contributed by atoms with van der Waals surface area (Å²) in [6.07, 6.45) is 1.71. The first-order chi connectivity index (χ1) is 15.2. The Labute approximate surface area is 181 Å². The lowest BCUT2D eigenvalue weighted by atomic mass is 10.2. The van der Waals surface area contributed by atoms with Gasteiger partial charge in [0.2, 0.25) is 5.91 Å². The lowest BCUT2D eigenvalue weighted by molar-refractivity contribution is -0.116. The van der Waals surface area contributed by atoms with E-state index < -0.39 is 0 Å². The summed E-state index contributed by atoms with van der Waals surface area (Å²) in [5.41, 5.74) is 1.78. The van der Waals surface area contributed by atoms with Gasteiger partial charge in [-0.2, -0.15) is 5.10 Å². The predicted molar refractivity (Wildman–Crippen MR) is 119 cm³/mol. The van der Waals surface area contributed by atoms with Gasteiger partial charge in [-0.1, -0.05) is 42.1 Å². The molecule has 0 radical (unpaired) electrons. The third kappa shape index (κ3) is 3.46. The van der Waals surface area contributed by atoms with Crippen molar-refractivity contribution in [2.75, 3.05) is 18.2 Å². The summed E-state index contributed by atoms with van der Waals surface area (Å²) in [5, 5.41) is 8.28. The summed E-state index contributed by atoms with van der Waals surface area (Å²) in [5.74, 6) is 1.01. The first-order valence-corrected chi connectivity index (χ1v) is 10.8. The number of hydrogen-bond acceptors (Lipinski definition) is 6. The van der Waals surface area contributed by atoms with E-state index in [1.54, 1.807) is 34.7 Å². The summed E-state index contributed by atoms with van der Waals surface area (Å²) < 4.78 is 8.57. The van der Waals surface area contributed by atoms with E-state index in [0.717, 1.165) is 5.69 Å². The number of anilines is 1. The summed E-state index contributed by atoms with van der Waals surface area (Å²) in [7, 11) is 1.56. The highest BCUT2D eigenvalue weighted by Gasteiger charge is 2.29. The van der Waals surface area contributed by atoms with E-state index in [-0.39, 0.29) is 23.9 Å². The fourth-order valence-corrected chi connectivity index (χ4v) is 4.83. The minimum Gasteiger partial charge on any atom is -0.495 e. The van der Waals surface area contributed by atoms with Gasteiger partial charge in [-0.3, -0.25) is 14.2 Å². The molecule has 5 rings (SSSR count). The molecule has 8 nitrogen and oxygen atoms in total. The van der Waals surface area contributed by atoms with Crippen molar-refractivity contribution >= 4 is 34.4 Å². The van der Waals surface area contributed by atoms with Crippen molar-refractivity contribution in [2.45, 2.75) is 17.6 Å². The zero-order valence-electron chi connectivity index (χ0n) is 16.7. The van der Waals surface area contributed by atoms with Gasteiger partial charge in [0, 0.05) is 12.2 Å². The Balaban J connectivity index is 1.44. The number of aromatic nitrogens is 4. The highest BCUT2D eigenvalue weighted by molar-refractivity contribution is 7.99. The largest absolute Gasteiger partial charge is 0.495 e. The monoisotopic (exact) mass is 433 g/mol. The normalized spacial score (nSPS) is 15.1. The molecule has 0 aliphatic carbocycles. The third-order valence-electron chi connectivity index (χ3n) is 5.17. The maximum atomic E-state index is 13.2. The zero-order valence-corrected chi connectivity index (χ0v) is 17.5. The van der Waals surface area contributed by atoms with Crippen molar-refractivity contribution in [1.82, 2.24) is 19.3 Å². The fraction of sp³-hybridized carbons (Fsp3) is 0.182. The average molecular weight is 433 g/mol. The molecular weight excluding hydrogens is 414 g/mol. The van der Waals surface area contributed by atoms with Crippen molar-refractivity contribution in [3.63, 3.8) is 0 Å². The quantitative estimate of drug-likeness (QED) is 0.486. The van der Waals surface area contributed by atoms with Crippen molar-refractivity contribution in [3.05, 3.63) is 71.1 Å². The number of carbonyl (C=O) groups excluding carboxylic acids is 1. The van der Waals surface area contributed by atoms with E-state index in [0.29, 0.717) is 33.4 Å². The molecule has 3 heterocycles. The standard InChI is InChI=1S/C22H19N5O3S/c1-30-18-10-6-5-9-17(18)24-19(28)11-15-13-31-22-25-20-16(21(29)26(15)22)12-23-27(20)14-7-3-2-4-8-14/h2-10,12,15H,11,13H2,1H3,(H,24,28)/t15-/m0/s1. The molecule has 0 bridgehead atoms. The molecule has 1 aliphatic rings. The number of carbonyl (C=O) groups is 1. The highest BCUT2D eigenvalue weighted by Crippen LogP contribution is 2.34. The molecule has 0 saturated carbocycles.